The number of rotatable bonds is 8. The average molecular weight is 643 g/mol. The minimum atomic E-state index is -0.953. The molecule has 0 aliphatic carbocycles. The smallest absolute Gasteiger partial charge is 0.407 e. The minimum Gasteiger partial charge on any atom is -0.465 e. The first kappa shape index (κ1) is 31.3. The molecule has 3 N–H and O–H groups in total. The Kier molecular flexibility index (Phi) is 8.48. The number of nitrogens with zero attached hydrogens (tertiary/aromatic N) is 7. The van der Waals surface area contributed by atoms with E-state index < -0.39 is 17.7 Å². The van der Waals surface area contributed by atoms with Gasteiger partial charge in [-0.3, -0.25) is 9.80 Å². The van der Waals surface area contributed by atoms with Crippen LogP contribution in [0.4, 0.5) is 15.0 Å². The summed E-state index contributed by atoms with van der Waals surface area (Å²) < 4.78 is 23.9. The number of hydrogen-bond acceptors (Lipinski definition) is 8. The summed E-state index contributed by atoms with van der Waals surface area (Å²) >= 11 is 0. The number of piperidine rings is 2. The number of hydrogen-bond donors (Lipinski definition) is 2. The van der Waals surface area contributed by atoms with Gasteiger partial charge in [-0.1, -0.05) is 32.0 Å². The van der Waals surface area contributed by atoms with Gasteiger partial charge in [0.05, 0.1) is 5.39 Å². The van der Waals surface area contributed by atoms with Crippen LogP contribution in [0.3, 0.4) is 0 Å². The number of benzene rings is 2. The second-order valence-electron chi connectivity index (χ2n) is 13.9. The number of fused-ring (bicyclic) bond motifs is 1. The van der Waals surface area contributed by atoms with Crippen LogP contribution >= 0.6 is 0 Å². The highest BCUT2D eigenvalue weighted by Gasteiger charge is 2.43. The molecule has 0 spiro atoms. The standard InChI is InChI=1S/C35H43FN8O3/c1-35(2,28-14-17-42(20-29(28)36)24-12-15-41(16-13-24)25-18-43(19-25)34(45)46)21-44-33-30(32(37)38-22-39-33)31(40-44)23-8-10-27(11-9-23)47-26-6-4-3-5-7-26/h3-11,22,24-25,28-29H,12-21H2,1-2H3,(H,45,46)(H2,37,38,39)/t28-,29-/m0/s1. The summed E-state index contributed by atoms with van der Waals surface area (Å²) in [5, 5.41) is 14.8. The first-order valence-electron chi connectivity index (χ1n) is 16.6. The zero-order chi connectivity index (χ0) is 32.7. The second kappa shape index (κ2) is 12.7. The van der Waals surface area contributed by atoms with Crippen LogP contribution in [-0.2, 0) is 6.54 Å². The van der Waals surface area contributed by atoms with E-state index in [1.54, 1.807) is 0 Å². The van der Waals surface area contributed by atoms with Gasteiger partial charge in [0.2, 0.25) is 0 Å². The number of nitrogen functional groups attached to an aromatic ring is 1. The minimum absolute atomic E-state index is 0.132. The highest BCUT2D eigenvalue weighted by atomic mass is 19.1. The molecule has 12 heteroatoms. The predicted molar refractivity (Wildman–Crippen MR) is 178 cm³/mol. The van der Waals surface area contributed by atoms with Gasteiger partial charge < -0.3 is 20.5 Å². The molecule has 4 aromatic rings. The van der Waals surface area contributed by atoms with Crippen LogP contribution in [-0.4, -0.2) is 103 Å². The summed E-state index contributed by atoms with van der Waals surface area (Å²) in [5.74, 6) is 1.70. The van der Waals surface area contributed by atoms with E-state index in [2.05, 4.69) is 33.6 Å². The molecule has 5 heterocycles. The molecule has 3 aliphatic rings. The summed E-state index contributed by atoms with van der Waals surface area (Å²) in [4.78, 5) is 26.2. The van der Waals surface area contributed by atoms with Crippen LogP contribution in [0.25, 0.3) is 22.3 Å². The van der Waals surface area contributed by atoms with E-state index in [9.17, 15) is 4.79 Å². The lowest BCUT2D eigenvalue weighted by Gasteiger charge is -2.49. The Labute approximate surface area is 274 Å². The second-order valence-corrected chi connectivity index (χ2v) is 13.9. The molecule has 2 aromatic carbocycles. The maximum absolute atomic E-state index is 16.1. The van der Waals surface area contributed by atoms with Crippen molar-refractivity contribution < 1.29 is 19.0 Å². The summed E-state index contributed by atoms with van der Waals surface area (Å²) in [6.45, 7) is 9.12. The van der Waals surface area contributed by atoms with Crippen molar-refractivity contribution >= 4 is 22.9 Å². The van der Waals surface area contributed by atoms with Crippen LogP contribution in [0.1, 0.15) is 33.1 Å². The summed E-state index contributed by atoms with van der Waals surface area (Å²) in [5.41, 5.74) is 8.20. The maximum atomic E-state index is 16.1. The van der Waals surface area contributed by atoms with Crippen molar-refractivity contribution in [3.63, 3.8) is 0 Å². The number of para-hydroxylation sites is 1. The van der Waals surface area contributed by atoms with Crippen molar-refractivity contribution in [3.05, 3.63) is 60.9 Å². The first-order chi connectivity index (χ1) is 22.7. The topological polar surface area (TPSA) is 126 Å². The van der Waals surface area contributed by atoms with E-state index in [0.717, 1.165) is 50.2 Å². The quantitative estimate of drug-likeness (QED) is 0.261. The average Bonchev–Trinajstić information content (AvgIpc) is 3.40. The number of halogens is 1. The molecule has 0 radical (unpaired) electrons. The Morgan fingerprint density at radius 1 is 0.936 bits per heavy atom. The third kappa shape index (κ3) is 6.36. The van der Waals surface area contributed by atoms with Crippen molar-refractivity contribution in [2.24, 2.45) is 11.3 Å². The van der Waals surface area contributed by atoms with Gasteiger partial charge in [0.15, 0.2) is 5.65 Å². The molecular formula is C35H43FN8O3. The third-order valence-electron chi connectivity index (χ3n) is 10.5. The summed E-state index contributed by atoms with van der Waals surface area (Å²) in [7, 11) is 0. The molecule has 0 saturated carbocycles. The van der Waals surface area contributed by atoms with Crippen molar-refractivity contribution in [1.82, 2.24) is 34.4 Å². The van der Waals surface area contributed by atoms with E-state index in [1.165, 1.54) is 11.2 Å². The molecule has 3 saturated heterocycles. The fraction of sp³-hybridized carbons (Fsp3) is 0.486. The van der Waals surface area contributed by atoms with Gasteiger partial charge in [-0.15, -0.1) is 0 Å². The molecule has 248 valence electrons. The molecule has 3 aliphatic heterocycles. The normalized spacial score (nSPS) is 22.0. The number of carbonyl (C=O) groups is 1. The van der Waals surface area contributed by atoms with Crippen molar-refractivity contribution in [3.8, 4) is 22.8 Å². The van der Waals surface area contributed by atoms with Gasteiger partial charge in [0.1, 0.15) is 35.5 Å². The lowest BCUT2D eigenvalue weighted by atomic mass is 9.72. The SMILES string of the molecule is CC(C)(Cn1nc(-c2ccc(Oc3ccccc3)cc2)c2c(N)ncnc21)[C@H]1CCN(C2CCN(C3CN(C(=O)O)C3)CC2)C[C@@H]1F. The van der Waals surface area contributed by atoms with E-state index in [4.69, 9.17) is 20.7 Å². The molecule has 1 amide bonds. The monoisotopic (exact) mass is 642 g/mol. The van der Waals surface area contributed by atoms with Crippen molar-refractivity contribution in [1.29, 1.82) is 0 Å². The summed E-state index contributed by atoms with van der Waals surface area (Å²) in [6.07, 6.45) is 2.43. The number of alkyl halides is 1. The Morgan fingerprint density at radius 3 is 2.30 bits per heavy atom. The lowest BCUT2D eigenvalue weighted by Crippen LogP contribution is -2.63. The molecule has 47 heavy (non-hydrogen) atoms. The molecule has 11 nitrogen and oxygen atoms in total. The summed E-state index contributed by atoms with van der Waals surface area (Å²) in [6, 6.07) is 18.0. The highest BCUT2D eigenvalue weighted by Crippen LogP contribution is 2.41. The first-order valence-corrected chi connectivity index (χ1v) is 16.6. The van der Waals surface area contributed by atoms with Gasteiger partial charge in [-0.05, 0) is 73.5 Å². The van der Waals surface area contributed by atoms with Crippen molar-refractivity contribution in [2.45, 2.75) is 57.9 Å². The van der Waals surface area contributed by atoms with Gasteiger partial charge in [0.25, 0.3) is 0 Å². The molecule has 0 bridgehead atoms. The highest BCUT2D eigenvalue weighted by molar-refractivity contribution is 5.98. The zero-order valence-corrected chi connectivity index (χ0v) is 27.0. The van der Waals surface area contributed by atoms with E-state index in [0.29, 0.717) is 66.6 Å². The Hall–Kier alpha value is -4.29. The number of aromatic nitrogens is 4. The fourth-order valence-corrected chi connectivity index (χ4v) is 7.75. The number of nitrogens with two attached hydrogens (primary N) is 1. The van der Waals surface area contributed by atoms with E-state index in [1.807, 2.05) is 59.3 Å². The van der Waals surface area contributed by atoms with Crippen LogP contribution in [0, 0.1) is 11.3 Å². The van der Waals surface area contributed by atoms with Crippen LogP contribution < -0.4 is 10.5 Å². The predicted octanol–water partition coefficient (Wildman–Crippen LogP) is 5.38. The van der Waals surface area contributed by atoms with Gasteiger partial charge in [-0.25, -0.2) is 23.8 Å². The van der Waals surface area contributed by atoms with Crippen LogP contribution in [0.5, 0.6) is 11.5 Å². The fourth-order valence-electron chi connectivity index (χ4n) is 7.75. The zero-order valence-electron chi connectivity index (χ0n) is 27.0. The molecule has 2 aromatic heterocycles. The molecule has 7 rings (SSSR count). The number of anilines is 1. The lowest BCUT2D eigenvalue weighted by molar-refractivity contribution is -0.0287. The number of amides is 1. The molecule has 3 fully saturated rings. The maximum Gasteiger partial charge on any atom is 0.407 e. The van der Waals surface area contributed by atoms with Crippen LogP contribution in [0.2, 0.25) is 0 Å². The van der Waals surface area contributed by atoms with E-state index >= 15 is 4.39 Å². The van der Waals surface area contributed by atoms with Gasteiger partial charge >= 0.3 is 6.09 Å². The van der Waals surface area contributed by atoms with Crippen LogP contribution in [0.15, 0.2) is 60.9 Å². The molecular weight excluding hydrogens is 599 g/mol. The van der Waals surface area contributed by atoms with Crippen molar-refractivity contribution in [2.75, 3.05) is 45.0 Å². The number of likely N-dealkylation sites (tertiary alicyclic amines) is 3. The number of carboxylic acid groups (broad SMARTS) is 1. The van der Waals surface area contributed by atoms with E-state index in [-0.39, 0.29) is 5.92 Å². The number of ether oxygens (including phenoxy) is 1. The largest absolute Gasteiger partial charge is 0.465 e. The third-order valence-corrected chi connectivity index (χ3v) is 10.5. The Bertz CT molecular complexity index is 1700. The molecule has 0 unspecified atom stereocenters. The molecule has 2 atom stereocenters. The van der Waals surface area contributed by atoms with Gasteiger partial charge in [0, 0.05) is 56.9 Å². The Morgan fingerprint density at radius 2 is 1.62 bits per heavy atom. The van der Waals surface area contributed by atoms with Gasteiger partial charge in [-0.2, -0.15) is 5.10 Å². The Balaban J connectivity index is 1.01.